The molecule has 1 fully saturated rings. The van der Waals surface area contributed by atoms with Crippen molar-refractivity contribution < 1.29 is 8.42 Å². The van der Waals surface area contributed by atoms with Gasteiger partial charge < -0.3 is 5.32 Å². The molecule has 21 heavy (non-hydrogen) atoms. The molecular formula is C15H24N2O2S2. The van der Waals surface area contributed by atoms with E-state index in [0.29, 0.717) is 4.90 Å². The van der Waals surface area contributed by atoms with E-state index >= 15 is 0 Å². The number of sulfonamides is 1. The molecule has 1 aliphatic rings. The van der Waals surface area contributed by atoms with Gasteiger partial charge in [-0.1, -0.05) is 19.1 Å². The molecular weight excluding hydrogens is 304 g/mol. The minimum Gasteiger partial charge on any atom is -0.310 e. The molecule has 1 heterocycles. The summed E-state index contributed by atoms with van der Waals surface area (Å²) < 4.78 is 27.7. The fourth-order valence-electron chi connectivity index (χ4n) is 2.34. The van der Waals surface area contributed by atoms with Gasteiger partial charge in [0.05, 0.1) is 4.90 Å². The molecule has 6 heteroatoms. The van der Waals surface area contributed by atoms with Gasteiger partial charge in [-0.25, -0.2) is 13.1 Å². The number of hydrogen-bond donors (Lipinski definition) is 2. The normalized spacial score (nSPS) is 20.6. The van der Waals surface area contributed by atoms with E-state index in [0.717, 1.165) is 36.5 Å². The molecule has 4 nitrogen and oxygen atoms in total. The predicted octanol–water partition coefficient (Wildman–Crippen LogP) is 2.53. The molecule has 2 unspecified atom stereocenters. The zero-order chi connectivity index (χ0) is 15.3. The second-order valence-corrected chi connectivity index (χ2v) is 8.29. The second kappa shape index (κ2) is 7.63. The van der Waals surface area contributed by atoms with Gasteiger partial charge in [-0.05, 0) is 49.8 Å². The minimum absolute atomic E-state index is 0.0688. The summed E-state index contributed by atoms with van der Waals surface area (Å²) in [5.74, 6) is 1.90. The molecule has 0 bridgehead atoms. The maximum absolute atomic E-state index is 12.4. The third-order valence-electron chi connectivity index (χ3n) is 3.62. The molecule has 1 aromatic carbocycles. The lowest BCUT2D eigenvalue weighted by molar-refractivity contribution is 0.559. The predicted molar refractivity (Wildman–Crippen MR) is 89.2 cm³/mol. The first kappa shape index (κ1) is 16.8. The van der Waals surface area contributed by atoms with Crippen LogP contribution in [0, 0.1) is 0 Å². The van der Waals surface area contributed by atoms with Crippen LogP contribution in [0.5, 0.6) is 0 Å². The average molecular weight is 329 g/mol. The largest absolute Gasteiger partial charge is 0.310 e. The van der Waals surface area contributed by atoms with Gasteiger partial charge in [-0.15, -0.1) is 0 Å². The van der Waals surface area contributed by atoms with Crippen LogP contribution >= 0.6 is 11.8 Å². The number of thioether (sulfide) groups is 1. The van der Waals surface area contributed by atoms with Crippen molar-refractivity contribution in [3.05, 3.63) is 29.8 Å². The number of nitrogens with one attached hydrogen (secondary N) is 2. The highest BCUT2D eigenvalue weighted by atomic mass is 32.2. The Bertz CT molecular complexity index is 555. The molecule has 0 aromatic heterocycles. The van der Waals surface area contributed by atoms with E-state index in [1.165, 1.54) is 0 Å². The van der Waals surface area contributed by atoms with Gasteiger partial charge in [0, 0.05) is 17.8 Å². The Labute approximate surface area is 132 Å². The van der Waals surface area contributed by atoms with Gasteiger partial charge in [0.1, 0.15) is 0 Å². The molecule has 2 rings (SSSR count). The quantitative estimate of drug-likeness (QED) is 0.807. The van der Waals surface area contributed by atoms with E-state index in [9.17, 15) is 8.42 Å². The first-order valence-electron chi connectivity index (χ1n) is 7.46. The Balaban J connectivity index is 2.11. The molecule has 0 aliphatic carbocycles. The highest BCUT2D eigenvalue weighted by Crippen LogP contribution is 2.21. The van der Waals surface area contributed by atoms with Gasteiger partial charge in [-0.3, -0.25) is 0 Å². The van der Waals surface area contributed by atoms with Crippen LogP contribution in [0.15, 0.2) is 29.2 Å². The van der Waals surface area contributed by atoms with Crippen LogP contribution in [-0.2, 0) is 10.0 Å². The Kier molecular flexibility index (Phi) is 6.10. The summed E-state index contributed by atoms with van der Waals surface area (Å²) in [6.45, 7) is 5.10. The lowest BCUT2D eigenvalue weighted by atomic mass is 10.1. The van der Waals surface area contributed by atoms with Crippen molar-refractivity contribution in [2.24, 2.45) is 0 Å². The SMILES string of the molecule is CCCNC(C)c1cccc(S(=O)(=O)NC2CCSC2)c1. The summed E-state index contributed by atoms with van der Waals surface area (Å²) in [6, 6.07) is 7.45. The summed E-state index contributed by atoms with van der Waals surface area (Å²) in [5.41, 5.74) is 1.01. The molecule has 0 spiro atoms. The molecule has 118 valence electrons. The highest BCUT2D eigenvalue weighted by Gasteiger charge is 2.23. The van der Waals surface area contributed by atoms with Crippen LogP contribution in [0.4, 0.5) is 0 Å². The van der Waals surface area contributed by atoms with Crippen LogP contribution < -0.4 is 10.0 Å². The van der Waals surface area contributed by atoms with E-state index in [-0.39, 0.29) is 12.1 Å². The van der Waals surface area contributed by atoms with E-state index < -0.39 is 10.0 Å². The van der Waals surface area contributed by atoms with Crippen LogP contribution in [0.25, 0.3) is 0 Å². The Hall–Kier alpha value is -0.560. The molecule has 2 N–H and O–H groups in total. The summed E-state index contributed by atoms with van der Waals surface area (Å²) in [5, 5.41) is 3.38. The van der Waals surface area contributed by atoms with Crippen molar-refractivity contribution >= 4 is 21.8 Å². The molecule has 1 aromatic rings. The van der Waals surface area contributed by atoms with Crippen LogP contribution in [0.1, 0.15) is 38.3 Å². The molecule has 2 atom stereocenters. The lowest BCUT2D eigenvalue weighted by Gasteiger charge is -2.16. The Morgan fingerprint density at radius 1 is 1.43 bits per heavy atom. The van der Waals surface area contributed by atoms with Gasteiger partial charge in [-0.2, -0.15) is 11.8 Å². The molecule has 0 radical (unpaired) electrons. The third kappa shape index (κ3) is 4.71. The van der Waals surface area contributed by atoms with Crippen molar-refractivity contribution in [2.45, 2.75) is 43.7 Å². The number of rotatable bonds is 7. The summed E-state index contributed by atoms with van der Waals surface area (Å²) in [6.07, 6.45) is 1.97. The van der Waals surface area contributed by atoms with Crippen molar-refractivity contribution in [2.75, 3.05) is 18.1 Å². The fourth-order valence-corrected chi connectivity index (χ4v) is 4.93. The van der Waals surface area contributed by atoms with E-state index in [2.05, 4.69) is 23.9 Å². The van der Waals surface area contributed by atoms with Crippen LogP contribution in [0.2, 0.25) is 0 Å². The van der Waals surface area contributed by atoms with Crippen LogP contribution in [0.3, 0.4) is 0 Å². The fraction of sp³-hybridized carbons (Fsp3) is 0.600. The number of hydrogen-bond acceptors (Lipinski definition) is 4. The standard InChI is InChI=1S/C15H24N2O2S2/c1-3-8-16-12(2)13-5-4-6-15(10-13)21(18,19)17-14-7-9-20-11-14/h4-6,10,12,14,16-17H,3,7-9,11H2,1-2H3. The summed E-state index contributed by atoms with van der Waals surface area (Å²) in [4.78, 5) is 0.363. The van der Waals surface area contributed by atoms with Crippen molar-refractivity contribution in [1.82, 2.24) is 10.0 Å². The van der Waals surface area contributed by atoms with Crippen molar-refractivity contribution in [3.63, 3.8) is 0 Å². The Morgan fingerprint density at radius 3 is 2.90 bits per heavy atom. The Morgan fingerprint density at radius 2 is 2.24 bits per heavy atom. The topological polar surface area (TPSA) is 58.2 Å². The average Bonchev–Trinajstić information content (AvgIpc) is 2.97. The monoisotopic (exact) mass is 328 g/mol. The minimum atomic E-state index is -3.41. The molecule has 1 aliphatic heterocycles. The van der Waals surface area contributed by atoms with Gasteiger partial charge in [0.15, 0.2) is 0 Å². The smallest absolute Gasteiger partial charge is 0.240 e. The first-order chi connectivity index (χ1) is 10.0. The number of benzene rings is 1. The zero-order valence-corrected chi connectivity index (χ0v) is 14.3. The van der Waals surface area contributed by atoms with E-state index in [1.807, 2.05) is 12.1 Å². The lowest BCUT2D eigenvalue weighted by Crippen LogP contribution is -2.34. The first-order valence-corrected chi connectivity index (χ1v) is 10.1. The maximum atomic E-state index is 12.4. The van der Waals surface area contributed by atoms with Gasteiger partial charge >= 0.3 is 0 Å². The molecule has 0 saturated carbocycles. The van der Waals surface area contributed by atoms with Crippen molar-refractivity contribution in [3.8, 4) is 0 Å². The highest BCUT2D eigenvalue weighted by molar-refractivity contribution is 7.99. The van der Waals surface area contributed by atoms with Crippen molar-refractivity contribution in [1.29, 1.82) is 0 Å². The zero-order valence-electron chi connectivity index (χ0n) is 12.6. The molecule has 1 saturated heterocycles. The van der Waals surface area contributed by atoms with Gasteiger partial charge in [0.25, 0.3) is 0 Å². The third-order valence-corrected chi connectivity index (χ3v) is 6.30. The van der Waals surface area contributed by atoms with Crippen LogP contribution in [-0.4, -0.2) is 32.5 Å². The summed E-state index contributed by atoms with van der Waals surface area (Å²) in [7, 11) is -3.41. The van der Waals surface area contributed by atoms with Gasteiger partial charge in [0.2, 0.25) is 10.0 Å². The van der Waals surface area contributed by atoms with E-state index in [1.54, 1.807) is 23.9 Å². The summed E-state index contributed by atoms with van der Waals surface area (Å²) >= 11 is 1.80. The van der Waals surface area contributed by atoms with E-state index in [4.69, 9.17) is 0 Å². The molecule has 0 amide bonds. The second-order valence-electron chi connectivity index (χ2n) is 5.43. The maximum Gasteiger partial charge on any atom is 0.240 e.